The van der Waals surface area contributed by atoms with Gasteiger partial charge in [-0.1, -0.05) is 13.3 Å². The van der Waals surface area contributed by atoms with E-state index in [-0.39, 0.29) is 18.2 Å². The van der Waals surface area contributed by atoms with E-state index in [0.29, 0.717) is 11.5 Å². The Morgan fingerprint density at radius 2 is 2.04 bits per heavy atom. The van der Waals surface area contributed by atoms with E-state index in [1.54, 1.807) is 6.07 Å². The van der Waals surface area contributed by atoms with Gasteiger partial charge in [0.1, 0.15) is 9.84 Å². The fourth-order valence-electron chi connectivity index (χ4n) is 3.10. The molecule has 0 fully saturated rings. The summed E-state index contributed by atoms with van der Waals surface area (Å²) in [6, 6.07) is 3.60. The lowest BCUT2D eigenvalue weighted by molar-refractivity contribution is 0.0955. The normalized spacial score (nSPS) is 13.0. The lowest BCUT2D eigenvalue weighted by atomic mass is 10.0. The Balaban J connectivity index is 2.15. The summed E-state index contributed by atoms with van der Waals surface area (Å²) in [5.74, 6) is 0.222. The van der Waals surface area contributed by atoms with Crippen LogP contribution in [0.25, 0.3) is 10.9 Å². The molecule has 0 radical (unpaired) electrons. The zero-order valence-corrected chi connectivity index (χ0v) is 17.4. The number of hydrogen-bond donors (Lipinski definition) is 2. The quantitative estimate of drug-likeness (QED) is 0.640. The van der Waals surface area contributed by atoms with Gasteiger partial charge in [0.05, 0.1) is 11.3 Å². The predicted molar refractivity (Wildman–Crippen MR) is 109 cm³/mol. The van der Waals surface area contributed by atoms with Crippen LogP contribution in [0.4, 0.5) is 0 Å². The second-order valence-electron chi connectivity index (χ2n) is 7.07. The predicted octanol–water partition coefficient (Wildman–Crippen LogP) is 1.75. The summed E-state index contributed by atoms with van der Waals surface area (Å²) >= 11 is 0. The molecule has 150 valence electrons. The van der Waals surface area contributed by atoms with Crippen LogP contribution >= 0.6 is 0 Å². The highest BCUT2D eigenvalue weighted by Gasteiger charge is 2.15. The minimum atomic E-state index is -3.10. The molecule has 2 N–H and O–H groups in total. The molecule has 7 nitrogen and oxygen atoms in total. The average Bonchev–Trinajstić information content (AvgIpc) is 3.01. The van der Waals surface area contributed by atoms with E-state index in [2.05, 4.69) is 22.7 Å². The molecule has 0 saturated heterocycles. The Bertz CT molecular complexity index is 890. The number of nitrogens with zero attached hydrogens (tertiary/aromatic N) is 2. The first kappa shape index (κ1) is 21.4. The van der Waals surface area contributed by atoms with Crippen molar-refractivity contribution in [3.63, 3.8) is 0 Å². The Labute approximate surface area is 161 Å². The fourth-order valence-corrected chi connectivity index (χ4v) is 3.58. The van der Waals surface area contributed by atoms with Gasteiger partial charge in [0.15, 0.2) is 0 Å². The number of nitrogens with one attached hydrogen (secondary N) is 2. The van der Waals surface area contributed by atoms with Gasteiger partial charge in [-0.3, -0.25) is 9.48 Å². The van der Waals surface area contributed by atoms with Crippen LogP contribution < -0.4 is 10.6 Å². The first-order valence-corrected chi connectivity index (χ1v) is 11.4. The third kappa shape index (κ3) is 6.04. The van der Waals surface area contributed by atoms with Gasteiger partial charge in [-0.2, -0.15) is 5.10 Å². The van der Waals surface area contributed by atoms with E-state index in [0.717, 1.165) is 48.7 Å². The largest absolute Gasteiger partial charge is 0.351 e. The van der Waals surface area contributed by atoms with Gasteiger partial charge in [0.2, 0.25) is 0 Å². The van der Waals surface area contributed by atoms with Gasteiger partial charge in [-0.15, -0.1) is 0 Å². The van der Waals surface area contributed by atoms with Crippen molar-refractivity contribution in [1.82, 2.24) is 20.4 Å². The molecule has 27 heavy (non-hydrogen) atoms. The maximum absolute atomic E-state index is 12.4. The smallest absolute Gasteiger partial charge is 0.251 e. The van der Waals surface area contributed by atoms with Gasteiger partial charge in [0, 0.05) is 36.5 Å². The molecule has 8 heteroatoms. The molecule has 0 spiro atoms. The number of aromatic nitrogens is 2. The number of aryl methyl sites for hydroxylation is 1. The minimum Gasteiger partial charge on any atom is -0.351 e. The number of hydrogen-bond acceptors (Lipinski definition) is 5. The van der Waals surface area contributed by atoms with Crippen molar-refractivity contribution in [3.05, 3.63) is 29.5 Å². The molecule has 1 heterocycles. The van der Waals surface area contributed by atoms with E-state index in [4.69, 9.17) is 0 Å². The zero-order valence-electron chi connectivity index (χ0n) is 16.6. The van der Waals surface area contributed by atoms with Crippen molar-refractivity contribution < 1.29 is 13.2 Å². The third-order valence-electron chi connectivity index (χ3n) is 4.83. The zero-order chi connectivity index (χ0) is 20.0. The van der Waals surface area contributed by atoms with Crippen molar-refractivity contribution in [2.75, 3.05) is 32.1 Å². The van der Waals surface area contributed by atoms with Gasteiger partial charge in [-0.05, 0) is 50.6 Å². The Hall–Kier alpha value is -1.93. The number of fused-ring (bicyclic) bond motifs is 1. The molecule has 2 rings (SSSR count). The molecule has 1 aromatic carbocycles. The summed E-state index contributed by atoms with van der Waals surface area (Å²) < 4.78 is 24.4. The molecule has 1 unspecified atom stereocenters. The first-order chi connectivity index (χ1) is 12.7. The number of sulfone groups is 1. The van der Waals surface area contributed by atoms with E-state index in [9.17, 15) is 13.2 Å². The van der Waals surface area contributed by atoms with Gasteiger partial charge in [0.25, 0.3) is 5.91 Å². The first-order valence-electron chi connectivity index (χ1n) is 9.32. The maximum Gasteiger partial charge on any atom is 0.251 e. The summed E-state index contributed by atoms with van der Waals surface area (Å²) in [5, 5.41) is 11.5. The minimum absolute atomic E-state index is 0.0665. The number of benzene rings is 1. The second kappa shape index (κ2) is 9.32. The molecular weight excluding hydrogens is 364 g/mol. The van der Waals surface area contributed by atoms with Crippen molar-refractivity contribution in [3.8, 4) is 0 Å². The summed E-state index contributed by atoms with van der Waals surface area (Å²) in [6.45, 7) is 6.03. The average molecular weight is 395 g/mol. The summed E-state index contributed by atoms with van der Waals surface area (Å²) in [5.41, 5.74) is 2.28. The lowest BCUT2D eigenvalue weighted by Gasteiger charge is -2.14. The molecule has 2 aromatic rings. The van der Waals surface area contributed by atoms with Crippen LogP contribution in [0, 0.1) is 12.8 Å². The summed E-state index contributed by atoms with van der Waals surface area (Å²) in [4.78, 5) is 12.4. The van der Waals surface area contributed by atoms with E-state index in [1.807, 2.05) is 30.9 Å². The van der Waals surface area contributed by atoms with Crippen LogP contribution in [-0.2, 0) is 16.4 Å². The van der Waals surface area contributed by atoms with Crippen molar-refractivity contribution >= 4 is 26.6 Å². The molecule has 0 saturated carbocycles. The highest BCUT2D eigenvalue weighted by molar-refractivity contribution is 7.90. The number of carbonyl (C=O) groups is 1. The number of carbonyl (C=O) groups excluding carboxylic acids is 1. The van der Waals surface area contributed by atoms with Crippen LogP contribution in [0.5, 0.6) is 0 Å². The lowest BCUT2D eigenvalue weighted by Crippen LogP contribution is -2.29. The van der Waals surface area contributed by atoms with Crippen molar-refractivity contribution in [1.29, 1.82) is 0 Å². The highest BCUT2D eigenvalue weighted by atomic mass is 32.2. The molecular formula is C19H30N4O3S. The Kier molecular flexibility index (Phi) is 7.38. The van der Waals surface area contributed by atoms with Gasteiger partial charge in [-0.25, -0.2) is 8.42 Å². The molecule has 0 bridgehead atoms. The fraction of sp³-hybridized carbons (Fsp3) is 0.579. The summed E-state index contributed by atoms with van der Waals surface area (Å²) in [7, 11) is -1.14. The number of amides is 1. The van der Waals surface area contributed by atoms with E-state index in [1.165, 1.54) is 0 Å². The molecule has 0 aliphatic heterocycles. The second-order valence-corrected chi connectivity index (χ2v) is 9.33. The van der Waals surface area contributed by atoms with Crippen molar-refractivity contribution in [2.45, 2.75) is 33.2 Å². The molecule has 1 atom stereocenters. The molecule has 0 aliphatic rings. The van der Waals surface area contributed by atoms with Gasteiger partial charge < -0.3 is 10.6 Å². The van der Waals surface area contributed by atoms with E-state index < -0.39 is 9.84 Å². The maximum atomic E-state index is 12.4. The Morgan fingerprint density at radius 1 is 1.30 bits per heavy atom. The van der Waals surface area contributed by atoms with Crippen molar-refractivity contribution in [2.24, 2.45) is 5.92 Å². The standard InChI is InChI=1S/C19H30N4O3S/c1-5-15(8-9-20-3)12-23-13-17-14(2)16(6-7-18(17)22-23)19(24)21-10-11-27(4,25)26/h6-7,13,15,20H,5,8-12H2,1-4H3,(H,21,24). The van der Waals surface area contributed by atoms with Crippen LogP contribution in [-0.4, -0.2) is 56.3 Å². The summed E-state index contributed by atoms with van der Waals surface area (Å²) in [6.07, 6.45) is 5.34. The van der Waals surface area contributed by atoms with Gasteiger partial charge >= 0.3 is 0 Å². The van der Waals surface area contributed by atoms with Crippen LogP contribution in [0.2, 0.25) is 0 Å². The topological polar surface area (TPSA) is 93.1 Å². The van der Waals surface area contributed by atoms with Crippen LogP contribution in [0.15, 0.2) is 18.3 Å². The Morgan fingerprint density at radius 3 is 2.67 bits per heavy atom. The van der Waals surface area contributed by atoms with E-state index >= 15 is 0 Å². The molecule has 0 aliphatic carbocycles. The highest BCUT2D eigenvalue weighted by Crippen LogP contribution is 2.22. The third-order valence-corrected chi connectivity index (χ3v) is 5.78. The molecule has 1 amide bonds. The van der Waals surface area contributed by atoms with Crippen LogP contribution in [0.3, 0.4) is 0 Å². The van der Waals surface area contributed by atoms with Crippen LogP contribution in [0.1, 0.15) is 35.7 Å². The molecule has 1 aromatic heterocycles. The SMILES string of the molecule is CCC(CCNC)Cn1cc2c(C)c(C(=O)NCCS(C)(=O)=O)ccc2n1. The monoisotopic (exact) mass is 394 g/mol. The number of rotatable bonds is 10.